The molecule has 0 bridgehead atoms. The maximum Gasteiger partial charge on any atom is 0.337 e. The molecule has 0 fully saturated rings. The molecule has 1 heterocycles. The van der Waals surface area contributed by atoms with Gasteiger partial charge in [0, 0.05) is 26.2 Å². The number of aromatic nitrogens is 1. The van der Waals surface area contributed by atoms with Crippen LogP contribution in [0.5, 0.6) is 0 Å². The zero-order valence-corrected chi connectivity index (χ0v) is 10.3. The minimum absolute atomic E-state index is 0.0249. The van der Waals surface area contributed by atoms with Crippen LogP contribution in [0.25, 0.3) is 0 Å². The van der Waals surface area contributed by atoms with Gasteiger partial charge in [-0.25, -0.2) is 9.59 Å². The van der Waals surface area contributed by atoms with Crippen molar-refractivity contribution >= 4 is 23.6 Å². The second-order valence-corrected chi connectivity index (χ2v) is 3.57. The number of hydrogen-bond acceptors (Lipinski definition) is 4. The summed E-state index contributed by atoms with van der Waals surface area (Å²) in [7, 11) is 1.51. The maximum atomic E-state index is 11.4. The highest BCUT2D eigenvalue weighted by atomic mass is 16.4. The van der Waals surface area contributed by atoms with Crippen molar-refractivity contribution in [1.82, 2.24) is 15.6 Å². The van der Waals surface area contributed by atoms with Crippen LogP contribution >= 0.6 is 0 Å². The van der Waals surface area contributed by atoms with Gasteiger partial charge in [0.25, 0.3) is 0 Å². The Morgan fingerprint density at radius 1 is 1.32 bits per heavy atom. The Hall–Kier alpha value is -2.64. The first-order chi connectivity index (χ1) is 9.02. The number of pyridine rings is 1. The van der Waals surface area contributed by atoms with Crippen molar-refractivity contribution in [3.05, 3.63) is 24.0 Å². The maximum absolute atomic E-state index is 11.4. The Balaban J connectivity index is 2.46. The summed E-state index contributed by atoms with van der Waals surface area (Å²) in [5.74, 6) is -1.31. The molecule has 19 heavy (non-hydrogen) atoms. The third kappa shape index (κ3) is 5.02. The Kier molecular flexibility index (Phi) is 5.27. The van der Waals surface area contributed by atoms with Gasteiger partial charge in [-0.1, -0.05) is 0 Å². The second kappa shape index (κ2) is 6.94. The SMILES string of the molecule is CNC(=O)CCNC(=O)Nc1cncc(C(=O)O)c1. The predicted octanol–water partition coefficient (Wildman–Crippen LogP) is 0.0374. The quantitative estimate of drug-likeness (QED) is 0.599. The molecule has 1 aromatic heterocycles. The smallest absolute Gasteiger partial charge is 0.337 e. The van der Waals surface area contributed by atoms with Gasteiger partial charge < -0.3 is 21.1 Å². The first kappa shape index (κ1) is 14.4. The standard InChI is InChI=1S/C11H14N4O4/c1-12-9(16)2-3-14-11(19)15-8-4-7(10(17)18)5-13-6-8/h4-6H,2-3H2,1H3,(H,12,16)(H,17,18)(H2,14,15,19). The summed E-state index contributed by atoms with van der Waals surface area (Å²) in [6, 6.07) is 0.751. The van der Waals surface area contributed by atoms with Crippen LogP contribution in [0.3, 0.4) is 0 Å². The summed E-state index contributed by atoms with van der Waals surface area (Å²) in [6.07, 6.45) is 2.67. The Morgan fingerprint density at radius 2 is 2.05 bits per heavy atom. The van der Waals surface area contributed by atoms with Crippen LogP contribution in [-0.4, -0.2) is 41.6 Å². The minimum atomic E-state index is -1.13. The number of hydrogen-bond donors (Lipinski definition) is 4. The van der Waals surface area contributed by atoms with Gasteiger partial charge >= 0.3 is 12.0 Å². The van der Waals surface area contributed by atoms with Gasteiger partial charge in [0.05, 0.1) is 17.4 Å². The summed E-state index contributed by atoms with van der Waals surface area (Å²) in [6.45, 7) is 0.178. The normalized spacial score (nSPS) is 9.53. The lowest BCUT2D eigenvalue weighted by Gasteiger charge is -2.07. The lowest BCUT2D eigenvalue weighted by Crippen LogP contribution is -2.32. The summed E-state index contributed by atoms with van der Waals surface area (Å²) in [5.41, 5.74) is 0.237. The highest BCUT2D eigenvalue weighted by Crippen LogP contribution is 2.07. The molecular formula is C11H14N4O4. The lowest BCUT2D eigenvalue weighted by molar-refractivity contribution is -0.120. The van der Waals surface area contributed by atoms with Crippen molar-refractivity contribution in [1.29, 1.82) is 0 Å². The van der Waals surface area contributed by atoms with E-state index in [4.69, 9.17) is 5.11 Å². The van der Waals surface area contributed by atoms with Crippen molar-refractivity contribution in [3.63, 3.8) is 0 Å². The molecule has 0 radical (unpaired) electrons. The molecule has 0 aliphatic heterocycles. The molecule has 0 aliphatic rings. The van der Waals surface area contributed by atoms with E-state index in [0.717, 1.165) is 0 Å². The van der Waals surface area contributed by atoms with E-state index in [-0.39, 0.29) is 30.1 Å². The van der Waals surface area contributed by atoms with Crippen LogP contribution in [-0.2, 0) is 4.79 Å². The highest BCUT2D eigenvalue weighted by molar-refractivity contribution is 5.92. The van der Waals surface area contributed by atoms with Crippen molar-refractivity contribution in [2.24, 2.45) is 0 Å². The fourth-order valence-corrected chi connectivity index (χ4v) is 1.22. The van der Waals surface area contributed by atoms with E-state index in [2.05, 4.69) is 20.9 Å². The fourth-order valence-electron chi connectivity index (χ4n) is 1.22. The molecule has 0 saturated carbocycles. The van der Waals surface area contributed by atoms with Crippen molar-refractivity contribution in [2.45, 2.75) is 6.42 Å². The van der Waals surface area contributed by atoms with E-state index in [1.807, 2.05) is 0 Å². The van der Waals surface area contributed by atoms with Gasteiger partial charge in [0.15, 0.2) is 0 Å². The van der Waals surface area contributed by atoms with Gasteiger partial charge in [0.1, 0.15) is 0 Å². The molecular weight excluding hydrogens is 252 g/mol. The van der Waals surface area contributed by atoms with E-state index < -0.39 is 12.0 Å². The molecule has 3 amide bonds. The van der Waals surface area contributed by atoms with Crippen molar-refractivity contribution in [2.75, 3.05) is 18.9 Å². The summed E-state index contributed by atoms with van der Waals surface area (Å²) < 4.78 is 0. The van der Waals surface area contributed by atoms with Gasteiger partial charge in [-0.05, 0) is 6.07 Å². The van der Waals surface area contributed by atoms with Crippen LogP contribution in [0.15, 0.2) is 18.5 Å². The first-order valence-corrected chi connectivity index (χ1v) is 5.46. The Morgan fingerprint density at radius 3 is 2.68 bits per heavy atom. The average Bonchev–Trinajstić information content (AvgIpc) is 2.38. The number of aromatic carboxylic acids is 1. The van der Waals surface area contributed by atoms with E-state index in [1.54, 1.807) is 0 Å². The Bertz CT molecular complexity index is 489. The zero-order chi connectivity index (χ0) is 14.3. The molecule has 1 rings (SSSR count). The fraction of sp³-hybridized carbons (Fsp3) is 0.273. The molecule has 0 aliphatic carbocycles. The lowest BCUT2D eigenvalue weighted by atomic mass is 10.2. The number of amides is 3. The monoisotopic (exact) mass is 266 g/mol. The summed E-state index contributed by atoms with van der Waals surface area (Å²) in [4.78, 5) is 36.7. The molecule has 4 N–H and O–H groups in total. The largest absolute Gasteiger partial charge is 0.478 e. The van der Waals surface area contributed by atoms with Crippen LogP contribution in [0, 0.1) is 0 Å². The van der Waals surface area contributed by atoms with Crippen LogP contribution in [0.1, 0.15) is 16.8 Å². The average molecular weight is 266 g/mol. The van der Waals surface area contributed by atoms with Crippen LogP contribution in [0.2, 0.25) is 0 Å². The third-order valence-electron chi connectivity index (χ3n) is 2.16. The van der Waals surface area contributed by atoms with Gasteiger partial charge in [-0.15, -0.1) is 0 Å². The zero-order valence-electron chi connectivity index (χ0n) is 10.3. The van der Waals surface area contributed by atoms with Gasteiger partial charge in [-0.2, -0.15) is 0 Å². The topological polar surface area (TPSA) is 120 Å². The molecule has 0 unspecified atom stereocenters. The number of urea groups is 1. The second-order valence-electron chi connectivity index (χ2n) is 3.57. The number of carbonyl (C=O) groups is 3. The molecule has 8 heteroatoms. The van der Waals surface area contributed by atoms with E-state index in [0.29, 0.717) is 0 Å². The molecule has 0 atom stereocenters. The molecule has 102 valence electrons. The summed E-state index contributed by atoms with van der Waals surface area (Å²) >= 11 is 0. The van der Waals surface area contributed by atoms with Crippen LogP contribution < -0.4 is 16.0 Å². The molecule has 1 aromatic rings. The molecule has 0 spiro atoms. The van der Waals surface area contributed by atoms with E-state index >= 15 is 0 Å². The number of anilines is 1. The Labute approximate surface area is 109 Å². The number of nitrogens with one attached hydrogen (secondary N) is 3. The van der Waals surface area contributed by atoms with Gasteiger partial charge in [0.2, 0.25) is 5.91 Å². The first-order valence-electron chi connectivity index (χ1n) is 5.46. The summed E-state index contributed by atoms with van der Waals surface area (Å²) in [5, 5.41) is 16.1. The number of carboxylic acids is 1. The number of nitrogens with zero attached hydrogens (tertiary/aromatic N) is 1. The van der Waals surface area contributed by atoms with Crippen LogP contribution in [0.4, 0.5) is 10.5 Å². The predicted molar refractivity (Wildman–Crippen MR) is 66.9 cm³/mol. The minimum Gasteiger partial charge on any atom is -0.478 e. The van der Waals surface area contributed by atoms with E-state index in [1.165, 1.54) is 25.5 Å². The highest BCUT2D eigenvalue weighted by Gasteiger charge is 2.07. The van der Waals surface area contributed by atoms with Crippen molar-refractivity contribution in [3.8, 4) is 0 Å². The van der Waals surface area contributed by atoms with E-state index in [9.17, 15) is 14.4 Å². The third-order valence-corrected chi connectivity index (χ3v) is 2.16. The number of rotatable bonds is 5. The van der Waals surface area contributed by atoms with Crippen molar-refractivity contribution < 1.29 is 19.5 Å². The van der Waals surface area contributed by atoms with Gasteiger partial charge in [-0.3, -0.25) is 9.78 Å². The molecule has 8 nitrogen and oxygen atoms in total. The molecule has 0 aromatic carbocycles. The number of carbonyl (C=O) groups excluding carboxylic acids is 2. The molecule has 0 saturated heterocycles. The number of carboxylic acid groups (broad SMARTS) is 1.